The Hall–Kier alpha value is -1.78. The largest absolute Gasteiger partial charge is 0.384 e. The summed E-state index contributed by atoms with van der Waals surface area (Å²) in [6.45, 7) is 0. The molecule has 0 radical (unpaired) electrons. The third-order valence-electron chi connectivity index (χ3n) is 2.66. The van der Waals surface area contributed by atoms with E-state index in [0.717, 1.165) is 16.6 Å². The number of aromatic nitrogens is 3. The number of rotatable bonds is 1. The van der Waals surface area contributed by atoms with E-state index in [1.807, 2.05) is 18.2 Å². The van der Waals surface area contributed by atoms with Crippen molar-refractivity contribution in [3.05, 3.63) is 40.4 Å². The van der Waals surface area contributed by atoms with Crippen LogP contribution in [0.15, 0.2) is 30.3 Å². The number of hydrogen-bond donors (Lipinski definition) is 2. The van der Waals surface area contributed by atoms with Crippen molar-refractivity contribution in [2.24, 2.45) is 0 Å². The van der Waals surface area contributed by atoms with Gasteiger partial charge in [-0.25, -0.2) is 4.98 Å². The van der Waals surface area contributed by atoms with E-state index in [9.17, 15) is 0 Å². The second kappa shape index (κ2) is 4.15. The SMILES string of the molecule is Nc1[nH]nc2nc(-c3ccc(Cl)c(Cl)c3)ccc12. The molecule has 0 saturated carbocycles. The minimum atomic E-state index is 0.498. The summed E-state index contributed by atoms with van der Waals surface area (Å²) in [7, 11) is 0. The molecule has 1 aromatic carbocycles. The van der Waals surface area contributed by atoms with E-state index >= 15 is 0 Å². The highest BCUT2D eigenvalue weighted by molar-refractivity contribution is 6.42. The molecule has 0 spiro atoms. The molecule has 2 aromatic heterocycles. The van der Waals surface area contributed by atoms with E-state index in [1.165, 1.54) is 0 Å². The van der Waals surface area contributed by atoms with Crippen molar-refractivity contribution in [3.63, 3.8) is 0 Å². The van der Waals surface area contributed by atoms with Crippen LogP contribution in [0.5, 0.6) is 0 Å². The lowest BCUT2D eigenvalue weighted by molar-refractivity contribution is 1.11. The molecule has 0 unspecified atom stereocenters. The summed E-state index contributed by atoms with van der Waals surface area (Å²) in [4.78, 5) is 4.41. The average molecular weight is 279 g/mol. The third-order valence-corrected chi connectivity index (χ3v) is 3.40. The molecular weight excluding hydrogens is 271 g/mol. The fraction of sp³-hybridized carbons (Fsp3) is 0. The Balaban J connectivity index is 2.16. The molecular formula is C12H8Cl2N4. The van der Waals surface area contributed by atoms with Gasteiger partial charge in [0.1, 0.15) is 5.82 Å². The molecule has 0 atom stereocenters. The zero-order valence-electron chi connectivity index (χ0n) is 9.11. The number of nitrogens with zero attached hydrogens (tertiary/aromatic N) is 2. The van der Waals surface area contributed by atoms with Gasteiger partial charge in [0.15, 0.2) is 5.65 Å². The number of aromatic amines is 1. The number of halogens is 2. The van der Waals surface area contributed by atoms with Gasteiger partial charge in [0.2, 0.25) is 0 Å². The van der Waals surface area contributed by atoms with E-state index in [1.54, 1.807) is 12.1 Å². The van der Waals surface area contributed by atoms with Gasteiger partial charge < -0.3 is 5.73 Å². The van der Waals surface area contributed by atoms with E-state index < -0.39 is 0 Å². The number of pyridine rings is 1. The normalized spacial score (nSPS) is 11.0. The topological polar surface area (TPSA) is 67.6 Å². The molecule has 3 rings (SSSR count). The van der Waals surface area contributed by atoms with Gasteiger partial charge in [0, 0.05) is 5.56 Å². The Labute approximate surface area is 113 Å². The van der Waals surface area contributed by atoms with Crippen LogP contribution < -0.4 is 5.73 Å². The summed E-state index contributed by atoms with van der Waals surface area (Å²) in [6, 6.07) is 9.11. The maximum absolute atomic E-state index is 5.98. The summed E-state index contributed by atoms with van der Waals surface area (Å²) < 4.78 is 0. The lowest BCUT2D eigenvalue weighted by atomic mass is 10.1. The first-order valence-corrected chi connectivity index (χ1v) is 5.97. The number of nitrogens with one attached hydrogen (secondary N) is 1. The Kier molecular flexibility index (Phi) is 2.61. The van der Waals surface area contributed by atoms with Crippen LogP contribution in [-0.2, 0) is 0 Å². The number of benzene rings is 1. The van der Waals surface area contributed by atoms with Crippen molar-refractivity contribution in [2.75, 3.05) is 5.73 Å². The molecule has 0 fully saturated rings. The maximum atomic E-state index is 5.98. The van der Waals surface area contributed by atoms with E-state index in [0.29, 0.717) is 21.5 Å². The second-order valence-electron chi connectivity index (χ2n) is 3.83. The van der Waals surface area contributed by atoms with Crippen molar-refractivity contribution >= 4 is 40.1 Å². The van der Waals surface area contributed by atoms with Crippen LogP contribution in [0.1, 0.15) is 0 Å². The first kappa shape index (κ1) is 11.3. The molecule has 0 saturated heterocycles. The molecule has 3 aromatic rings. The van der Waals surface area contributed by atoms with Crippen molar-refractivity contribution in [3.8, 4) is 11.3 Å². The van der Waals surface area contributed by atoms with Crippen molar-refractivity contribution in [2.45, 2.75) is 0 Å². The number of H-pyrrole nitrogens is 1. The van der Waals surface area contributed by atoms with Crippen LogP contribution in [0.25, 0.3) is 22.3 Å². The minimum absolute atomic E-state index is 0.498. The first-order chi connectivity index (χ1) is 8.65. The molecule has 0 aliphatic carbocycles. The smallest absolute Gasteiger partial charge is 0.183 e. The van der Waals surface area contributed by atoms with Gasteiger partial charge >= 0.3 is 0 Å². The predicted molar refractivity (Wildman–Crippen MR) is 73.8 cm³/mol. The molecule has 4 nitrogen and oxygen atoms in total. The van der Waals surface area contributed by atoms with Gasteiger partial charge in [-0.05, 0) is 24.3 Å². The average Bonchev–Trinajstić information content (AvgIpc) is 2.74. The molecule has 6 heteroatoms. The lowest BCUT2D eigenvalue weighted by Crippen LogP contribution is -1.86. The highest BCUT2D eigenvalue weighted by Gasteiger charge is 2.07. The monoisotopic (exact) mass is 278 g/mol. The zero-order chi connectivity index (χ0) is 12.7. The fourth-order valence-electron chi connectivity index (χ4n) is 1.73. The van der Waals surface area contributed by atoms with Crippen LogP contribution in [0.4, 0.5) is 5.82 Å². The van der Waals surface area contributed by atoms with E-state index in [2.05, 4.69) is 15.2 Å². The highest BCUT2D eigenvalue weighted by atomic mass is 35.5. The van der Waals surface area contributed by atoms with Gasteiger partial charge in [0.05, 0.1) is 21.1 Å². The molecule has 0 amide bonds. The summed E-state index contributed by atoms with van der Waals surface area (Å²) in [5.74, 6) is 0.512. The van der Waals surface area contributed by atoms with Crippen LogP contribution >= 0.6 is 23.2 Å². The molecule has 0 aliphatic rings. The highest BCUT2D eigenvalue weighted by Crippen LogP contribution is 2.28. The van der Waals surface area contributed by atoms with Crippen LogP contribution in [0, 0.1) is 0 Å². The summed E-state index contributed by atoms with van der Waals surface area (Å²) in [6.07, 6.45) is 0. The molecule has 3 N–H and O–H groups in total. The minimum Gasteiger partial charge on any atom is -0.384 e. The number of nitrogens with two attached hydrogens (primary N) is 1. The van der Waals surface area contributed by atoms with E-state index in [4.69, 9.17) is 28.9 Å². The van der Waals surface area contributed by atoms with Crippen LogP contribution in [0.3, 0.4) is 0 Å². The number of anilines is 1. The van der Waals surface area contributed by atoms with Crippen molar-refractivity contribution in [1.29, 1.82) is 0 Å². The number of nitrogen functional groups attached to an aromatic ring is 1. The molecule has 2 heterocycles. The summed E-state index contributed by atoms with van der Waals surface area (Å²) in [5, 5.41) is 8.54. The second-order valence-corrected chi connectivity index (χ2v) is 4.65. The Bertz CT molecular complexity index is 736. The predicted octanol–water partition coefficient (Wildman–Crippen LogP) is 3.51. The first-order valence-electron chi connectivity index (χ1n) is 5.21. The Morgan fingerprint density at radius 1 is 1.06 bits per heavy atom. The maximum Gasteiger partial charge on any atom is 0.183 e. The van der Waals surface area contributed by atoms with Gasteiger partial charge in [-0.2, -0.15) is 5.10 Å². The van der Waals surface area contributed by atoms with Crippen molar-refractivity contribution in [1.82, 2.24) is 15.2 Å². The quantitative estimate of drug-likeness (QED) is 0.716. The summed E-state index contributed by atoms with van der Waals surface area (Å²) in [5.41, 5.74) is 7.95. The Morgan fingerprint density at radius 2 is 1.89 bits per heavy atom. The number of fused-ring (bicyclic) bond motifs is 1. The van der Waals surface area contributed by atoms with Gasteiger partial charge in [-0.3, -0.25) is 5.10 Å². The summed E-state index contributed by atoms with van der Waals surface area (Å²) >= 11 is 11.9. The zero-order valence-corrected chi connectivity index (χ0v) is 10.6. The third kappa shape index (κ3) is 1.79. The lowest BCUT2D eigenvalue weighted by Gasteiger charge is -2.02. The molecule has 0 aliphatic heterocycles. The standard InChI is InChI=1S/C12H8Cl2N4/c13-8-3-1-6(5-9(8)14)10-4-2-7-11(15)17-18-12(7)16-10/h1-5H,(H3,15,16,17,18). The number of hydrogen-bond acceptors (Lipinski definition) is 3. The molecule has 18 heavy (non-hydrogen) atoms. The van der Waals surface area contributed by atoms with Crippen LogP contribution in [-0.4, -0.2) is 15.2 Å². The van der Waals surface area contributed by atoms with Gasteiger partial charge in [0.25, 0.3) is 0 Å². The Morgan fingerprint density at radius 3 is 2.67 bits per heavy atom. The fourth-order valence-corrected chi connectivity index (χ4v) is 2.03. The van der Waals surface area contributed by atoms with Crippen molar-refractivity contribution < 1.29 is 0 Å². The van der Waals surface area contributed by atoms with Gasteiger partial charge in [-0.1, -0.05) is 29.3 Å². The molecule has 90 valence electrons. The molecule has 0 bridgehead atoms. The van der Waals surface area contributed by atoms with Gasteiger partial charge in [-0.15, -0.1) is 0 Å². The van der Waals surface area contributed by atoms with Crippen LogP contribution in [0.2, 0.25) is 10.0 Å². The van der Waals surface area contributed by atoms with E-state index in [-0.39, 0.29) is 0 Å².